The number of nitriles is 1. The number of anilines is 2. The topological polar surface area (TPSA) is 95.3 Å². The summed E-state index contributed by atoms with van der Waals surface area (Å²) in [5.74, 6) is 1.13. The number of piperidine rings is 1. The first kappa shape index (κ1) is 20.3. The molecule has 6 rings (SSSR count). The van der Waals surface area contributed by atoms with Gasteiger partial charge in [0, 0.05) is 24.7 Å². The zero-order valence-corrected chi connectivity index (χ0v) is 18.5. The van der Waals surface area contributed by atoms with Crippen molar-refractivity contribution in [3.63, 3.8) is 0 Å². The summed E-state index contributed by atoms with van der Waals surface area (Å²) in [6, 6.07) is 20.2. The highest BCUT2D eigenvalue weighted by Crippen LogP contribution is 2.38. The van der Waals surface area contributed by atoms with Crippen LogP contribution in [0.1, 0.15) is 29.7 Å². The molecular formula is C27H22N4O3. The predicted octanol–water partition coefficient (Wildman–Crippen LogP) is 5.23. The molecule has 1 fully saturated rings. The van der Waals surface area contributed by atoms with Crippen LogP contribution in [-0.4, -0.2) is 24.0 Å². The van der Waals surface area contributed by atoms with Crippen molar-refractivity contribution in [3.8, 4) is 28.8 Å². The third-order valence-corrected chi connectivity index (χ3v) is 6.67. The zero-order valence-electron chi connectivity index (χ0n) is 18.5. The number of hydrogen-bond acceptors (Lipinski definition) is 6. The van der Waals surface area contributed by atoms with Crippen LogP contribution >= 0.6 is 0 Å². The van der Waals surface area contributed by atoms with E-state index in [0.29, 0.717) is 37.6 Å². The molecule has 1 N–H and O–H groups in total. The second-order valence-electron chi connectivity index (χ2n) is 8.72. The van der Waals surface area contributed by atoms with Crippen molar-refractivity contribution in [1.29, 1.82) is 5.26 Å². The highest BCUT2D eigenvalue weighted by atomic mass is 16.4. The number of fused-ring (bicyclic) bond motifs is 3. The van der Waals surface area contributed by atoms with Gasteiger partial charge < -0.3 is 19.1 Å². The van der Waals surface area contributed by atoms with E-state index in [-0.39, 0.29) is 23.4 Å². The average Bonchev–Trinajstić information content (AvgIpc) is 3.62. The smallest absolute Gasteiger partial charge is 0.266 e. The maximum atomic E-state index is 13.0. The number of nitrogens with zero attached hydrogens (tertiary/aromatic N) is 3. The first-order valence-corrected chi connectivity index (χ1v) is 11.4. The van der Waals surface area contributed by atoms with Gasteiger partial charge in [-0.2, -0.15) is 10.2 Å². The molecule has 0 spiro atoms. The lowest BCUT2D eigenvalue weighted by Crippen LogP contribution is -2.38. The number of furan rings is 1. The Labute approximate surface area is 196 Å². The number of carbonyl (C=O) groups is 1. The first-order chi connectivity index (χ1) is 16.7. The molecule has 7 heteroatoms. The van der Waals surface area contributed by atoms with E-state index in [9.17, 15) is 10.1 Å². The molecule has 7 nitrogen and oxygen atoms in total. The molecular weight excluding hydrogens is 428 g/mol. The second kappa shape index (κ2) is 8.23. The van der Waals surface area contributed by atoms with E-state index in [4.69, 9.17) is 8.83 Å². The third-order valence-electron chi connectivity index (χ3n) is 6.67. The number of benzene rings is 2. The Kier molecular flexibility index (Phi) is 4.92. The molecule has 2 aromatic heterocycles. The second-order valence-corrected chi connectivity index (χ2v) is 8.72. The van der Waals surface area contributed by atoms with Gasteiger partial charge in [-0.1, -0.05) is 30.3 Å². The lowest BCUT2D eigenvalue weighted by Gasteiger charge is -2.31. The number of nitrogens with one attached hydrogen (secondary N) is 1. The van der Waals surface area contributed by atoms with Crippen LogP contribution in [0.5, 0.6) is 0 Å². The quantitative estimate of drug-likeness (QED) is 0.403. The Morgan fingerprint density at radius 2 is 1.88 bits per heavy atom. The van der Waals surface area contributed by atoms with Crippen molar-refractivity contribution in [2.45, 2.75) is 19.3 Å². The van der Waals surface area contributed by atoms with Gasteiger partial charge in [-0.3, -0.25) is 4.79 Å². The van der Waals surface area contributed by atoms with Gasteiger partial charge in [0.1, 0.15) is 6.07 Å². The first-order valence-electron chi connectivity index (χ1n) is 11.4. The summed E-state index contributed by atoms with van der Waals surface area (Å²) >= 11 is 0. The standard InChI is InChI=1S/C27H22N4O3/c28-16-23-27(34-26(30-23)24-6-3-13-33-24)31-11-9-17(10-12-31)25(32)29-20-8-7-19-14-18-4-1-2-5-21(18)22(19)15-20/h1-8,13,15,17H,9-12,14H2,(H,29,32). The maximum Gasteiger partial charge on any atom is 0.266 e. The minimum Gasteiger partial charge on any atom is -0.459 e. The molecule has 0 bridgehead atoms. The van der Waals surface area contributed by atoms with Crippen molar-refractivity contribution in [3.05, 3.63) is 77.7 Å². The normalized spacial score (nSPS) is 15.0. The van der Waals surface area contributed by atoms with Gasteiger partial charge in [0.25, 0.3) is 5.89 Å². The van der Waals surface area contributed by atoms with E-state index < -0.39 is 0 Å². The van der Waals surface area contributed by atoms with E-state index in [1.807, 2.05) is 11.0 Å². The van der Waals surface area contributed by atoms with Crippen LogP contribution in [0.25, 0.3) is 22.8 Å². The molecule has 34 heavy (non-hydrogen) atoms. The number of amides is 1. The van der Waals surface area contributed by atoms with E-state index in [2.05, 4.69) is 52.8 Å². The van der Waals surface area contributed by atoms with Gasteiger partial charge in [0.05, 0.1) is 6.26 Å². The minimum atomic E-state index is -0.102. The maximum absolute atomic E-state index is 13.0. The highest BCUT2D eigenvalue weighted by Gasteiger charge is 2.29. The summed E-state index contributed by atoms with van der Waals surface area (Å²) in [5.41, 5.74) is 6.12. The SMILES string of the molecule is N#Cc1nc(-c2ccco2)oc1N1CCC(C(=O)Nc2ccc3c(c2)-c2ccccc2C3)CC1. The fraction of sp³-hybridized carbons (Fsp3) is 0.222. The molecule has 0 atom stereocenters. The van der Waals surface area contributed by atoms with E-state index in [1.165, 1.54) is 28.5 Å². The molecule has 3 heterocycles. The van der Waals surface area contributed by atoms with Crippen molar-refractivity contribution in [1.82, 2.24) is 4.98 Å². The molecule has 0 unspecified atom stereocenters. The van der Waals surface area contributed by atoms with Crippen LogP contribution in [0.15, 0.2) is 69.7 Å². The molecule has 1 amide bonds. The lowest BCUT2D eigenvalue weighted by molar-refractivity contribution is -0.120. The molecule has 168 valence electrons. The van der Waals surface area contributed by atoms with Gasteiger partial charge >= 0.3 is 0 Å². The van der Waals surface area contributed by atoms with Crippen molar-refractivity contribution in [2.24, 2.45) is 5.92 Å². The van der Waals surface area contributed by atoms with Crippen molar-refractivity contribution >= 4 is 17.5 Å². The number of hydrogen-bond donors (Lipinski definition) is 1. The van der Waals surface area contributed by atoms with Crippen LogP contribution < -0.4 is 10.2 Å². The summed E-state index contributed by atoms with van der Waals surface area (Å²) < 4.78 is 11.2. The fourth-order valence-electron chi connectivity index (χ4n) is 4.90. The van der Waals surface area contributed by atoms with E-state index in [0.717, 1.165) is 12.1 Å². The molecule has 0 radical (unpaired) electrons. The van der Waals surface area contributed by atoms with Crippen molar-refractivity contribution in [2.75, 3.05) is 23.3 Å². The highest BCUT2D eigenvalue weighted by molar-refractivity contribution is 5.94. The molecule has 1 aliphatic heterocycles. The summed E-state index contributed by atoms with van der Waals surface area (Å²) in [7, 11) is 0. The van der Waals surface area contributed by atoms with Gasteiger partial charge in [-0.15, -0.1) is 0 Å². The molecule has 0 saturated carbocycles. The average molecular weight is 450 g/mol. The number of rotatable bonds is 4. The van der Waals surface area contributed by atoms with Crippen LogP contribution in [0, 0.1) is 17.2 Å². The predicted molar refractivity (Wildman–Crippen MR) is 127 cm³/mol. The number of oxazole rings is 1. The van der Waals surface area contributed by atoms with Gasteiger partial charge in [0.2, 0.25) is 17.5 Å². The fourth-order valence-corrected chi connectivity index (χ4v) is 4.90. The van der Waals surface area contributed by atoms with Crippen LogP contribution in [0.4, 0.5) is 11.6 Å². The van der Waals surface area contributed by atoms with Crippen LogP contribution in [-0.2, 0) is 11.2 Å². The number of carbonyl (C=O) groups excluding carboxylic acids is 1. The summed E-state index contributed by atoms with van der Waals surface area (Å²) in [6.07, 6.45) is 3.81. The Balaban J connectivity index is 1.12. The molecule has 4 aromatic rings. The van der Waals surface area contributed by atoms with E-state index >= 15 is 0 Å². The third kappa shape index (κ3) is 3.54. The largest absolute Gasteiger partial charge is 0.459 e. The van der Waals surface area contributed by atoms with Crippen LogP contribution in [0.3, 0.4) is 0 Å². The zero-order chi connectivity index (χ0) is 23.1. The van der Waals surface area contributed by atoms with Gasteiger partial charge in [-0.05, 0) is 65.8 Å². The Hall–Kier alpha value is -4.31. The Bertz CT molecular complexity index is 1410. The Morgan fingerprint density at radius 1 is 1.06 bits per heavy atom. The number of aromatic nitrogens is 1. The van der Waals surface area contributed by atoms with Crippen molar-refractivity contribution < 1.29 is 13.6 Å². The summed E-state index contributed by atoms with van der Waals surface area (Å²) in [4.78, 5) is 19.2. The molecule has 1 saturated heterocycles. The monoisotopic (exact) mass is 450 g/mol. The lowest BCUT2D eigenvalue weighted by atomic mass is 9.95. The summed E-state index contributed by atoms with van der Waals surface area (Å²) in [6.45, 7) is 1.22. The summed E-state index contributed by atoms with van der Waals surface area (Å²) in [5, 5.41) is 12.6. The van der Waals surface area contributed by atoms with Gasteiger partial charge in [0.15, 0.2) is 5.76 Å². The van der Waals surface area contributed by atoms with Gasteiger partial charge in [-0.25, -0.2) is 0 Å². The molecule has 2 aromatic carbocycles. The Morgan fingerprint density at radius 3 is 2.68 bits per heavy atom. The minimum absolute atomic E-state index is 0.0280. The molecule has 1 aliphatic carbocycles. The van der Waals surface area contributed by atoms with Crippen LogP contribution in [0.2, 0.25) is 0 Å². The molecule has 2 aliphatic rings. The van der Waals surface area contributed by atoms with E-state index in [1.54, 1.807) is 12.1 Å².